The zero-order valence-corrected chi connectivity index (χ0v) is 13.1. The van der Waals surface area contributed by atoms with Gasteiger partial charge in [0.2, 0.25) is 5.91 Å². The SMILES string of the molecule is CC(C)CC(=O)Nc1nc(=O)n([C@@H]2O[C@H](C)[C@@H](O)[C@H]2O)cc1F. The van der Waals surface area contributed by atoms with Gasteiger partial charge in [0, 0.05) is 6.42 Å². The third-order valence-electron chi connectivity index (χ3n) is 3.51. The maximum Gasteiger partial charge on any atom is 0.351 e. The maximum absolute atomic E-state index is 14.1. The van der Waals surface area contributed by atoms with Crippen molar-refractivity contribution >= 4 is 11.7 Å². The molecule has 23 heavy (non-hydrogen) atoms. The highest BCUT2D eigenvalue weighted by atomic mass is 19.1. The molecule has 4 atom stereocenters. The van der Waals surface area contributed by atoms with Crippen molar-refractivity contribution in [1.29, 1.82) is 0 Å². The number of nitrogens with zero attached hydrogens (tertiary/aromatic N) is 2. The molecule has 9 heteroatoms. The standard InChI is InChI=1S/C14H20FN3O5/c1-6(2)4-9(19)16-12-8(15)5-18(14(22)17-12)13-11(21)10(20)7(3)23-13/h5-7,10-11,13,20-21H,4H2,1-3H3,(H,16,17,19,22)/t7-,10-,11-,13-/m1/s1. The van der Waals surface area contributed by atoms with Crippen molar-refractivity contribution in [2.75, 3.05) is 5.32 Å². The molecule has 2 rings (SSSR count). The second-order valence-electron chi connectivity index (χ2n) is 5.99. The average molecular weight is 329 g/mol. The Labute approximate surface area is 131 Å². The van der Waals surface area contributed by atoms with E-state index in [0.717, 1.165) is 10.8 Å². The molecule has 0 aromatic carbocycles. The van der Waals surface area contributed by atoms with Crippen LogP contribution in [0.15, 0.2) is 11.0 Å². The molecule has 0 spiro atoms. The van der Waals surface area contributed by atoms with Crippen LogP contribution >= 0.6 is 0 Å². The minimum Gasteiger partial charge on any atom is -0.388 e. The zero-order valence-electron chi connectivity index (χ0n) is 13.1. The molecule has 1 aliphatic rings. The molecule has 1 aromatic heterocycles. The van der Waals surface area contributed by atoms with E-state index in [1.54, 1.807) is 0 Å². The summed E-state index contributed by atoms with van der Waals surface area (Å²) in [7, 11) is 0. The van der Waals surface area contributed by atoms with E-state index in [2.05, 4.69) is 10.3 Å². The first-order valence-electron chi connectivity index (χ1n) is 7.30. The minimum absolute atomic E-state index is 0.0726. The van der Waals surface area contributed by atoms with E-state index in [0.29, 0.717) is 0 Å². The molecular weight excluding hydrogens is 309 g/mol. The number of carbonyl (C=O) groups excluding carboxylic acids is 1. The molecule has 8 nitrogen and oxygen atoms in total. The Kier molecular flexibility index (Phi) is 5.12. The highest BCUT2D eigenvalue weighted by Gasteiger charge is 2.42. The quantitative estimate of drug-likeness (QED) is 0.717. The lowest BCUT2D eigenvalue weighted by Gasteiger charge is -2.17. The van der Waals surface area contributed by atoms with E-state index in [1.165, 1.54) is 6.92 Å². The van der Waals surface area contributed by atoms with Crippen LogP contribution in [-0.4, -0.2) is 44.0 Å². The van der Waals surface area contributed by atoms with E-state index in [4.69, 9.17) is 4.74 Å². The molecule has 0 unspecified atom stereocenters. The minimum atomic E-state index is -1.38. The summed E-state index contributed by atoms with van der Waals surface area (Å²) < 4.78 is 20.1. The second kappa shape index (κ2) is 6.73. The van der Waals surface area contributed by atoms with Gasteiger partial charge in [-0.1, -0.05) is 13.8 Å². The first kappa shape index (κ1) is 17.5. The van der Waals surface area contributed by atoms with Crippen LogP contribution in [0.1, 0.15) is 33.4 Å². The Bertz CT molecular complexity index is 648. The molecule has 1 saturated heterocycles. The molecule has 3 N–H and O–H groups in total. The van der Waals surface area contributed by atoms with Gasteiger partial charge in [-0.15, -0.1) is 0 Å². The Hall–Kier alpha value is -1.84. The van der Waals surface area contributed by atoms with Crippen LogP contribution in [-0.2, 0) is 9.53 Å². The Balaban J connectivity index is 2.24. The highest BCUT2D eigenvalue weighted by molar-refractivity contribution is 5.89. The van der Waals surface area contributed by atoms with Gasteiger partial charge < -0.3 is 20.3 Å². The van der Waals surface area contributed by atoms with Crippen LogP contribution in [0.4, 0.5) is 10.2 Å². The smallest absolute Gasteiger partial charge is 0.351 e. The van der Waals surface area contributed by atoms with E-state index in [1.807, 2.05) is 13.8 Å². The number of aliphatic hydroxyl groups is 2. The molecule has 128 valence electrons. The number of aliphatic hydroxyl groups excluding tert-OH is 2. The third kappa shape index (κ3) is 3.74. The number of carbonyl (C=O) groups is 1. The first-order chi connectivity index (χ1) is 10.7. The van der Waals surface area contributed by atoms with E-state index in [-0.39, 0.29) is 12.3 Å². The van der Waals surface area contributed by atoms with E-state index >= 15 is 0 Å². The molecule has 0 radical (unpaired) electrons. The van der Waals surface area contributed by atoms with Gasteiger partial charge in [-0.2, -0.15) is 4.98 Å². The van der Waals surface area contributed by atoms with Gasteiger partial charge in [0.15, 0.2) is 17.9 Å². The Morgan fingerprint density at radius 3 is 2.65 bits per heavy atom. The van der Waals surface area contributed by atoms with Gasteiger partial charge >= 0.3 is 5.69 Å². The van der Waals surface area contributed by atoms with E-state index < -0.39 is 47.8 Å². The number of aromatic nitrogens is 2. The van der Waals surface area contributed by atoms with Crippen molar-refractivity contribution in [1.82, 2.24) is 9.55 Å². The molecule has 0 saturated carbocycles. The molecule has 2 heterocycles. The van der Waals surface area contributed by atoms with Crippen molar-refractivity contribution < 1.29 is 24.1 Å². The second-order valence-corrected chi connectivity index (χ2v) is 5.99. The summed E-state index contributed by atoms with van der Waals surface area (Å²) in [6.45, 7) is 5.17. The summed E-state index contributed by atoms with van der Waals surface area (Å²) in [6.07, 6.45) is -3.58. The molecule has 1 aliphatic heterocycles. The van der Waals surface area contributed by atoms with Gasteiger partial charge in [0.05, 0.1) is 12.3 Å². The number of rotatable bonds is 4. The number of nitrogens with one attached hydrogen (secondary N) is 1. The first-order valence-corrected chi connectivity index (χ1v) is 7.30. The van der Waals surface area contributed by atoms with Crippen LogP contribution in [0, 0.1) is 11.7 Å². The molecule has 1 amide bonds. The molecule has 0 aliphatic carbocycles. The van der Waals surface area contributed by atoms with Gasteiger partial charge in [-0.25, -0.2) is 9.18 Å². The fourth-order valence-electron chi connectivity index (χ4n) is 2.33. The monoisotopic (exact) mass is 329 g/mol. The van der Waals surface area contributed by atoms with Crippen molar-refractivity contribution in [2.45, 2.75) is 51.7 Å². The number of anilines is 1. The van der Waals surface area contributed by atoms with Crippen LogP contribution in [0.2, 0.25) is 0 Å². The van der Waals surface area contributed by atoms with Gasteiger partial charge in [0.25, 0.3) is 0 Å². The fraction of sp³-hybridized carbons (Fsp3) is 0.643. The summed E-state index contributed by atoms with van der Waals surface area (Å²) in [5.74, 6) is -1.79. The number of hydrogen-bond donors (Lipinski definition) is 3. The average Bonchev–Trinajstić information content (AvgIpc) is 2.69. The zero-order chi connectivity index (χ0) is 17.3. The molecule has 0 bridgehead atoms. The van der Waals surface area contributed by atoms with Crippen molar-refractivity contribution in [3.63, 3.8) is 0 Å². The maximum atomic E-state index is 14.1. The normalized spacial score (nSPS) is 27.4. The lowest BCUT2D eigenvalue weighted by atomic mass is 10.1. The number of ether oxygens (including phenoxy) is 1. The predicted octanol–water partition coefficient (Wildman–Crippen LogP) is 0.00610. The Morgan fingerprint density at radius 1 is 1.48 bits per heavy atom. The molecule has 1 aromatic rings. The lowest BCUT2D eigenvalue weighted by Crippen LogP contribution is -2.36. The number of hydrogen-bond acceptors (Lipinski definition) is 6. The summed E-state index contributed by atoms with van der Waals surface area (Å²) in [5.41, 5.74) is -0.906. The number of amides is 1. The topological polar surface area (TPSA) is 114 Å². The van der Waals surface area contributed by atoms with Gasteiger partial charge in [-0.05, 0) is 12.8 Å². The Morgan fingerprint density at radius 2 is 2.13 bits per heavy atom. The van der Waals surface area contributed by atoms with Crippen LogP contribution in [0.5, 0.6) is 0 Å². The summed E-state index contributed by atoms with van der Waals surface area (Å²) >= 11 is 0. The fourth-order valence-corrected chi connectivity index (χ4v) is 2.33. The third-order valence-corrected chi connectivity index (χ3v) is 3.51. The molecule has 1 fully saturated rings. The van der Waals surface area contributed by atoms with Gasteiger partial charge in [-0.3, -0.25) is 9.36 Å². The van der Waals surface area contributed by atoms with Crippen LogP contribution < -0.4 is 11.0 Å². The van der Waals surface area contributed by atoms with Crippen molar-refractivity contribution in [3.8, 4) is 0 Å². The summed E-state index contributed by atoms with van der Waals surface area (Å²) in [6, 6.07) is 0. The van der Waals surface area contributed by atoms with Crippen molar-refractivity contribution in [3.05, 3.63) is 22.5 Å². The van der Waals surface area contributed by atoms with Gasteiger partial charge in [0.1, 0.15) is 12.2 Å². The predicted molar refractivity (Wildman–Crippen MR) is 78.1 cm³/mol. The molecular formula is C14H20FN3O5. The summed E-state index contributed by atoms with van der Waals surface area (Å²) in [4.78, 5) is 27.1. The largest absolute Gasteiger partial charge is 0.388 e. The van der Waals surface area contributed by atoms with E-state index in [9.17, 15) is 24.2 Å². The van der Waals surface area contributed by atoms with Crippen LogP contribution in [0.25, 0.3) is 0 Å². The van der Waals surface area contributed by atoms with Crippen molar-refractivity contribution in [2.24, 2.45) is 5.92 Å². The van der Waals surface area contributed by atoms with Crippen LogP contribution in [0.3, 0.4) is 0 Å². The summed E-state index contributed by atoms with van der Waals surface area (Å²) in [5, 5.41) is 21.7. The highest BCUT2D eigenvalue weighted by Crippen LogP contribution is 2.28. The lowest BCUT2D eigenvalue weighted by molar-refractivity contribution is -0.116. The number of halogens is 1.